The fourth-order valence-electron chi connectivity index (χ4n) is 3.17. The first-order valence-corrected chi connectivity index (χ1v) is 10.0. The Bertz CT molecular complexity index is 927. The van der Waals surface area contributed by atoms with Crippen LogP contribution in [0.3, 0.4) is 0 Å². The number of benzene rings is 1. The van der Waals surface area contributed by atoms with Crippen molar-refractivity contribution in [2.24, 2.45) is 0 Å². The maximum atomic E-state index is 12.3. The molecule has 3 rings (SSSR count). The number of aromatic nitrogens is 1. The minimum Gasteiger partial charge on any atom is -0.324 e. The Labute approximate surface area is 163 Å². The van der Waals surface area contributed by atoms with Crippen LogP contribution in [0.25, 0.3) is 0 Å². The van der Waals surface area contributed by atoms with E-state index in [0.29, 0.717) is 21.8 Å². The highest BCUT2D eigenvalue weighted by Gasteiger charge is 2.15. The lowest BCUT2D eigenvalue weighted by Crippen LogP contribution is -2.15. The number of hydrogen-bond acceptors (Lipinski definition) is 5. The monoisotopic (exact) mass is 376 g/mol. The Morgan fingerprint density at radius 3 is 2.59 bits per heavy atom. The van der Waals surface area contributed by atoms with Gasteiger partial charge in [-0.2, -0.15) is 10.5 Å². The van der Waals surface area contributed by atoms with E-state index in [1.807, 2.05) is 6.07 Å². The summed E-state index contributed by atoms with van der Waals surface area (Å²) >= 11 is 1.27. The van der Waals surface area contributed by atoms with Crippen molar-refractivity contribution in [2.45, 2.75) is 43.6 Å². The van der Waals surface area contributed by atoms with Gasteiger partial charge in [-0.1, -0.05) is 36.7 Å². The third-order valence-corrected chi connectivity index (χ3v) is 5.54. The molecule has 0 aliphatic heterocycles. The molecule has 0 spiro atoms. The number of rotatable bonds is 4. The van der Waals surface area contributed by atoms with Crippen LogP contribution in [0.1, 0.15) is 48.1 Å². The molecule has 2 aromatic rings. The number of nitriles is 2. The van der Waals surface area contributed by atoms with E-state index in [0.717, 1.165) is 31.4 Å². The largest absolute Gasteiger partial charge is 0.324 e. The normalized spacial score (nSPS) is 13.4. The zero-order valence-electron chi connectivity index (χ0n) is 15.0. The smallest absolute Gasteiger partial charge is 0.234 e. The van der Waals surface area contributed by atoms with E-state index in [-0.39, 0.29) is 11.7 Å². The highest BCUT2D eigenvalue weighted by Crippen LogP contribution is 2.27. The summed E-state index contributed by atoms with van der Waals surface area (Å²) in [6.45, 7) is 0. The van der Waals surface area contributed by atoms with Crippen LogP contribution in [-0.2, 0) is 17.6 Å². The molecular formula is C21H20N4OS. The second-order valence-corrected chi connectivity index (χ2v) is 7.43. The molecule has 6 heteroatoms. The summed E-state index contributed by atoms with van der Waals surface area (Å²) in [6, 6.07) is 13.1. The zero-order chi connectivity index (χ0) is 19.1. The summed E-state index contributed by atoms with van der Waals surface area (Å²) in [5.41, 5.74) is 3.68. The predicted octanol–water partition coefficient (Wildman–Crippen LogP) is 4.21. The lowest BCUT2D eigenvalue weighted by atomic mass is 9.96. The summed E-state index contributed by atoms with van der Waals surface area (Å²) < 4.78 is 0. The quantitative estimate of drug-likeness (QED) is 0.807. The van der Waals surface area contributed by atoms with Crippen LogP contribution in [0.2, 0.25) is 0 Å². The Balaban J connectivity index is 1.71. The summed E-state index contributed by atoms with van der Waals surface area (Å²) in [5, 5.41) is 22.0. The molecule has 1 amide bonds. The first kappa shape index (κ1) is 18.9. The molecule has 0 radical (unpaired) electrons. The van der Waals surface area contributed by atoms with Crippen molar-refractivity contribution < 1.29 is 4.79 Å². The summed E-state index contributed by atoms with van der Waals surface area (Å²) in [5.74, 6) is -0.0830. The molecule has 0 saturated carbocycles. The number of carbonyl (C=O) groups excluding carboxylic acids is 1. The second kappa shape index (κ2) is 9.21. The lowest BCUT2D eigenvalue weighted by Gasteiger charge is -2.15. The number of hydrogen-bond donors (Lipinski definition) is 1. The average Bonchev–Trinajstić information content (AvgIpc) is 2.67. The summed E-state index contributed by atoms with van der Waals surface area (Å²) in [4.78, 5) is 17.0. The van der Waals surface area contributed by atoms with Gasteiger partial charge in [-0.15, -0.1) is 0 Å². The van der Waals surface area contributed by atoms with Crippen LogP contribution in [-0.4, -0.2) is 16.6 Å². The molecule has 1 aliphatic carbocycles. The fraction of sp³-hybridized carbons (Fsp3) is 0.333. The molecule has 0 bridgehead atoms. The number of para-hydroxylation sites is 1. The van der Waals surface area contributed by atoms with E-state index in [1.54, 1.807) is 24.3 Å². The first-order valence-electron chi connectivity index (χ1n) is 9.06. The van der Waals surface area contributed by atoms with Gasteiger partial charge in [0, 0.05) is 5.69 Å². The second-order valence-electron chi connectivity index (χ2n) is 6.47. The van der Waals surface area contributed by atoms with Gasteiger partial charge in [0.05, 0.1) is 22.6 Å². The number of carbonyl (C=O) groups is 1. The molecule has 1 aromatic carbocycles. The number of anilines is 1. The number of fused-ring (bicyclic) bond motifs is 1. The number of nitrogens with one attached hydrogen (secondary N) is 1. The van der Waals surface area contributed by atoms with Crippen molar-refractivity contribution >= 4 is 23.4 Å². The van der Waals surface area contributed by atoms with Gasteiger partial charge in [-0.3, -0.25) is 4.79 Å². The SMILES string of the molecule is N#Cc1ccccc1NC(=O)CSc1nc2c(cc1C#N)CCCCCC2. The first-order chi connectivity index (χ1) is 13.2. The van der Waals surface area contributed by atoms with Crippen molar-refractivity contribution in [3.63, 3.8) is 0 Å². The topological polar surface area (TPSA) is 89.6 Å². The molecule has 5 nitrogen and oxygen atoms in total. The van der Waals surface area contributed by atoms with E-state index in [4.69, 9.17) is 10.2 Å². The number of nitrogens with zero attached hydrogens (tertiary/aromatic N) is 3. The predicted molar refractivity (Wildman–Crippen MR) is 105 cm³/mol. The van der Waals surface area contributed by atoms with E-state index >= 15 is 0 Å². The molecule has 136 valence electrons. The van der Waals surface area contributed by atoms with Crippen molar-refractivity contribution in [1.29, 1.82) is 10.5 Å². The lowest BCUT2D eigenvalue weighted by molar-refractivity contribution is -0.113. The third kappa shape index (κ3) is 4.87. The van der Waals surface area contributed by atoms with E-state index < -0.39 is 0 Å². The van der Waals surface area contributed by atoms with Gasteiger partial charge in [-0.25, -0.2) is 4.98 Å². The van der Waals surface area contributed by atoms with E-state index in [1.165, 1.54) is 30.2 Å². The number of amides is 1. The van der Waals surface area contributed by atoms with Crippen molar-refractivity contribution in [3.05, 3.63) is 52.7 Å². The van der Waals surface area contributed by atoms with Crippen LogP contribution in [0.4, 0.5) is 5.69 Å². The van der Waals surface area contributed by atoms with Crippen LogP contribution in [0.15, 0.2) is 35.4 Å². The average molecular weight is 376 g/mol. The molecule has 1 N–H and O–H groups in total. The Morgan fingerprint density at radius 2 is 1.81 bits per heavy atom. The van der Waals surface area contributed by atoms with Crippen LogP contribution in [0, 0.1) is 22.7 Å². The van der Waals surface area contributed by atoms with Gasteiger partial charge < -0.3 is 5.32 Å². The molecule has 1 heterocycles. The van der Waals surface area contributed by atoms with Gasteiger partial charge in [0.2, 0.25) is 5.91 Å². The van der Waals surface area contributed by atoms with Crippen LogP contribution >= 0.6 is 11.8 Å². The Hall–Kier alpha value is -2.83. The highest BCUT2D eigenvalue weighted by molar-refractivity contribution is 8.00. The molecule has 1 aromatic heterocycles. The van der Waals surface area contributed by atoms with E-state index in [2.05, 4.69) is 17.5 Å². The minimum atomic E-state index is -0.222. The standard InChI is InChI=1S/C21H20N4OS/c22-12-16-8-5-6-10-19(16)24-20(26)14-27-21-17(13-23)11-15-7-3-1-2-4-9-18(15)25-21/h5-6,8,10-11H,1-4,7,9,14H2,(H,24,26). The van der Waals surface area contributed by atoms with Gasteiger partial charge in [0.15, 0.2) is 0 Å². The van der Waals surface area contributed by atoms with Gasteiger partial charge in [0.25, 0.3) is 0 Å². The molecule has 27 heavy (non-hydrogen) atoms. The highest BCUT2D eigenvalue weighted by atomic mass is 32.2. The zero-order valence-corrected chi connectivity index (χ0v) is 15.8. The molecule has 0 unspecified atom stereocenters. The van der Waals surface area contributed by atoms with Gasteiger partial charge >= 0.3 is 0 Å². The van der Waals surface area contributed by atoms with Crippen molar-refractivity contribution in [3.8, 4) is 12.1 Å². The maximum Gasteiger partial charge on any atom is 0.234 e. The Morgan fingerprint density at radius 1 is 1.07 bits per heavy atom. The number of thioether (sulfide) groups is 1. The molecule has 0 saturated heterocycles. The molecule has 0 fully saturated rings. The summed E-state index contributed by atoms with van der Waals surface area (Å²) in [7, 11) is 0. The minimum absolute atomic E-state index is 0.139. The third-order valence-electron chi connectivity index (χ3n) is 4.55. The maximum absolute atomic E-state index is 12.3. The number of aryl methyl sites for hydroxylation is 2. The molecular weight excluding hydrogens is 356 g/mol. The molecule has 0 atom stereocenters. The fourth-order valence-corrected chi connectivity index (χ4v) is 3.94. The summed E-state index contributed by atoms with van der Waals surface area (Å²) in [6.07, 6.45) is 6.57. The number of pyridine rings is 1. The van der Waals surface area contributed by atoms with Crippen molar-refractivity contribution in [2.75, 3.05) is 11.1 Å². The van der Waals surface area contributed by atoms with Crippen LogP contribution < -0.4 is 5.32 Å². The van der Waals surface area contributed by atoms with E-state index in [9.17, 15) is 10.1 Å². The Kier molecular flexibility index (Phi) is 6.46. The van der Waals surface area contributed by atoms with Crippen LogP contribution in [0.5, 0.6) is 0 Å². The van der Waals surface area contributed by atoms with Gasteiger partial charge in [-0.05, 0) is 49.4 Å². The van der Waals surface area contributed by atoms with Crippen molar-refractivity contribution in [1.82, 2.24) is 4.98 Å². The molecule has 1 aliphatic rings. The van der Waals surface area contributed by atoms with Gasteiger partial charge in [0.1, 0.15) is 17.2 Å².